The Morgan fingerprint density at radius 2 is 1.54 bits per heavy atom. The highest BCUT2D eigenvalue weighted by Crippen LogP contribution is 2.11. The van der Waals surface area contributed by atoms with Crippen LogP contribution >= 0.6 is 0 Å². The number of nitriles is 1. The van der Waals surface area contributed by atoms with Crippen LogP contribution in [0.2, 0.25) is 0 Å². The molecule has 0 atom stereocenters. The molecule has 0 aromatic carbocycles. The summed E-state index contributed by atoms with van der Waals surface area (Å²) >= 11 is 0. The van der Waals surface area contributed by atoms with Crippen molar-refractivity contribution in [2.75, 3.05) is 18.8 Å². The molecule has 0 saturated heterocycles. The van der Waals surface area contributed by atoms with E-state index in [0.29, 0.717) is 6.42 Å². The van der Waals surface area contributed by atoms with Gasteiger partial charge in [-0.3, -0.25) is 9.35 Å². The van der Waals surface area contributed by atoms with Crippen LogP contribution in [0.4, 0.5) is 0 Å². The van der Waals surface area contributed by atoms with Gasteiger partial charge in [-0.25, -0.2) is 0 Å². The Bertz CT molecular complexity index is 471. The van der Waals surface area contributed by atoms with Crippen LogP contribution in [-0.4, -0.2) is 42.6 Å². The SMILES string of the molecule is CCCCCCCCCCCC(=O)N(CCC#N)CCS(=O)(=O)O. The second-order valence-corrected chi connectivity index (χ2v) is 7.73. The molecule has 0 bridgehead atoms. The van der Waals surface area contributed by atoms with Crippen LogP contribution in [-0.2, 0) is 14.9 Å². The van der Waals surface area contributed by atoms with Gasteiger partial charge in [0.1, 0.15) is 0 Å². The van der Waals surface area contributed by atoms with E-state index in [1.165, 1.54) is 43.4 Å². The minimum absolute atomic E-state index is 0.0588. The van der Waals surface area contributed by atoms with Gasteiger partial charge in [0.25, 0.3) is 10.1 Å². The monoisotopic (exact) mass is 360 g/mol. The molecule has 0 aliphatic heterocycles. The second kappa shape index (κ2) is 14.2. The Kier molecular flexibility index (Phi) is 13.6. The molecule has 0 rings (SSSR count). The zero-order valence-corrected chi connectivity index (χ0v) is 15.7. The number of hydrogen-bond acceptors (Lipinski definition) is 4. The lowest BCUT2D eigenvalue weighted by Gasteiger charge is -2.21. The lowest BCUT2D eigenvalue weighted by molar-refractivity contribution is -0.131. The third-order valence-electron chi connectivity index (χ3n) is 3.96. The number of hydrogen-bond donors (Lipinski definition) is 1. The average molecular weight is 361 g/mol. The zero-order valence-electron chi connectivity index (χ0n) is 14.9. The van der Waals surface area contributed by atoms with E-state index in [-0.39, 0.29) is 25.4 Å². The number of nitrogens with zero attached hydrogens (tertiary/aromatic N) is 2. The molecule has 0 spiro atoms. The van der Waals surface area contributed by atoms with Crippen LogP contribution in [0.25, 0.3) is 0 Å². The summed E-state index contributed by atoms with van der Waals surface area (Å²) in [5.74, 6) is -0.626. The Labute approximate surface area is 147 Å². The molecule has 0 aliphatic carbocycles. The molecule has 0 saturated carbocycles. The van der Waals surface area contributed by atoms with Gasteiger partial charge in [-0.1, -0.05) is 58.3 Å². The topological polar surface area (TPSA) is 98.5 Å². The quantitative estimate of drug-likeness (QED) is 0.356. The highest BCUT2D eigenvalue weighted by molar-refractivity contribution is 7.85. The van der Waals surface area contributed by atoms with Crippen molar-refractivity contribution in [2.45, 2.75) is 77.6 Å². The van der Waals surface area contributed by atoms with E-state index >= 15 is 0 Å². The van der Waals surface area contributed by atoms with Gasteiger partial charge in [0, 0.05) is 19.5 Å². The standard InChI is InChI=1S/C17H32N2O4S/c1-2-3-4-5-6-7-8-9-10-12-17(20)19(14-11-13-18)15-16-24(21,22)23/h2-12,14-16H2,1H3,(H,21,22,23). The summed E-state index contributed by atoms with van der Waals surface area (Å²) < 4.78 is 30.4. The first kappa shape index (κ1) is 22.9. The van der Waals surface area contributed by atoms with Crippen molar-refractivity contribution in [3.05, 3.63) is 0 Å². The van der Waals surface area contributed by atoms with Gasteiger partial charge in [0.05, 0.1) is 18.2 Å². The van der Waals surface area contributed by atoms with Crippen LogP contribution in [0, 0.1) is 11.3 Å². The summed E-state index contributed by atoms with van der Waals surface area (Å²) in [4.78, 5) is 13.5. The summed E-state index contributed by atoms with van der Waals surface area (Å²) in [6.45, 7) is 2.35. The number of carbonyl (C=O) groups is 1. The first-order chi connectivity index (χ1) is 11.4. The van der Waals surface area contributed by atoms with Crippen LogP contribution in [0.1, 0.15) is 77.6 Å². The van der Waals surface area contributed by atoms with Gasteiger partial charge in [0.15, 0.2) is 0 Å². The first-order valence-electron chi connectivity index (χ1n) is 9.00. The van der Waals surface area contributed by atoms with Gasteiger partial charge in [0.2, 0.25) is 5.91 Å². The van der Waals surface area contributed by atoms with E-state index in [1.807, 2.05) is 6.07 Å². The predicted octanol–water partition coefficient (Wildman–Crippen LogP) is 3.54. The van der Waals surface area contributed by atoms with Gasteiger partial charge >= 0.3 is 0 Å². The maximum Gasteiger partial charge on any atom is 0.266 e. The Hall–Kier alpha value is -1.13. The summed E-state index contributed by atoms with van der Waals surface area (Å²) in [5, 5.41) is 8.62. The molecule has 1 N–H and O–H groups in total. The van der Waals surface area contributed by atoms with Crippen molar-refractivity contribution in [3.8, 4) is 6.07 Å². The van der Waals surface area contributed by atoms with Crippen molar-refractivity contribution in [1.29, 1.82) is 5.26 Å². The van der Waals surface area contributed by atoms with Crippen molar-refractivity contribution in [1.82, 2.24) is 4.90 Å². The summed E-state index contributed by atoms with van der Waals surface area (Å²) in [6, 6.07) is 1.95. The fraction of sp³-hybridized carbons (Fsp3) is 0.882. The smallest absolute Gasteiger partial charge is 0.266 e. The molecule has 0 radical (unpaired) electrons. The predicted molar refractivity (Wildman–Crippen MR) is 95.1 cm³/mol. The van der Waals surface area contributed by atoms with Gasteiger partial charge < -0.3 is 4.90 Å². The van der Waals surface area contributed by atoms with Crippen molar-refractivity contribution in [3.63, 3.8) is 0 Å². The van der Waals surface area contributed by atoms with Crippen LogP contribution in [0.15, 0.2) is 0 Å². The van der Waals surface area contributed by atoms with Gasteiger partial charge in [-0.2, -0.15) is 13.7 Å². The number of amides is 1. The summed E-state index contributed by atoms with van der Waals surface area (Å²) in [7, 11) is -4.10. The third-order valence-corrected chi connectivity index (χ3v) is 4.66. The number of rotatable bonds is 15. The molecule has 6 nitrogen and oxygen atoms in total. The molecular formula is C17H32N2O4S. The Balaban J connectivity index is 3.90. The molecule has 7 heteroatoms. The maximum atomic E-state index is 12.1. The number of unbranched alkanes of at least 4 members (excludes halogenated alkanes) is 8. The minimum atomic E-state index is -4.10. The minimum Gasteiger partial charge on any atom is -0.341 e. The van der Waals surface area contributed by atoms with E-state index in [1.54, 1.807) is 0 Å². The normalized spacial score (nSPS) is 11.2. The molecule has 0 heterocycles. The largest absolute Gasteiger partial charge is 0.341 e. The molecule has 0 aromatic rings. The lowest BCUT2D eigenvalue weighted by Crippen LogP contribution is -2.35. The van der Waals surface area contributed by atoms with Crippen molar-refractivity contribution < 1.29 is 17.8 Å². The Morgan fingerprint density at radius 3 is 2.04 bits per heavy atom. The molecule has 140 valence electrons. The van der Waals surface area contributed by atoms with Gasteiger partial charge in [-0.15, -0.1) is 0 Å². The van der Waals surface area contributed by atoms with Crippen LogP contribution in [0.5, 0.6) is 0 Å². The molecule has 1 amide bonds. The molecule has 0 unspecified atom stereocenters. The Morgan fingerprint density at radius 1 is 1.00 bits per heavy atom. The van der Waals surface area contributed by atoms with Gasteiger partial charge in [-0.05, 0) is 6.42 Å². The van der Waals surface area contributed by atoms with Crippen molar-refractivity contribution in [2.24, 2.45) is 0 Å². The molecule has 24 heavy (non-hydrogen) atoms. The van der Waals surface area contributed by atoms with E-state index in [0.717, 1.165) is 19.3 Å². The van der Waals surface area contributed by atoms with E-state index < -0.39 is 15.9 Å². The molecular weight excluding hydrogens is 328 g/mol. The first-order valence-corrected chi connectivity index (χ1v) is 10.6. The zero-order chi connectivity index (χ0) is 18.3. The van der Waals surface area contributed by atoms with E-state index in [2.05, 4.69) is 6.92 Å². The molecule has 0 aromatic heterocycles. The molecule has 0 fully saturated rings. The second-order valence-electron chi connectivity index (χ2n) is 6.15. The molecule has 0 aliphatic rings. The third kappa shape index (κ3) is 14.5. The lowest BCUT2D eigenvalue weighted by atomic mass is 10.1. The maximum absolute atomic E-state index is 12.1. The number of carbonyl (C=O) groups excluding carboxylic acids is 1. The summed E-state index contributed by atoms with van der Waals surface area (Å²) in [5.41, 5.74) is 0. The van der Waals surface area contributed by atoms with Crippen molar-refractivity contribution >= 4 is 16.0 Å². The van der Waals surface area contributed by atoms with E-state index in [4.69, 9.17) is 9.81 Å². The fourth-order valence-corrected chi connectivity index (χ4v) is 2.97. The highest BCUT2D eigenvalue weighted by Gasteiger charge is 2.15. The van der Waals surface area contributed by atoms with Crippen LogP contribution < -0.4 is 0 Å². The summed E-state index contributed by atoms with van der Waals surface area (Å²) in [6.07, 6.45) is 11.0. The van der Waals surface area contributed by atoms with E-state index in [9.17, 15) is 13.2 Å². The fourth-order valence-electron chi connectivity index (χ4n) is 2.52. The van der Waals surface area contributed by atoms with Crippen LogP contribution in [0.3, 0.4) is 0 Å². The highest BCUT2D eigenvalue weighted by atomic mass is 32.2. The average Bonchev–Trinajstić information content (AvgIpc) is 2.52.